The van der Waals surface area contributed by atoms with Gasteiger partial charge in [-0.3, -0.25) is 4.79 Å². The Morgan fingerprint density at radius 1 is 1.22 bits per heavy atom. The van der Waals surface area contributed by atoms with Crippen LogP contribution in [0.1, 0.15) is 16.1 Å². The highest BCUT2D eigenvalue weighted by Crippen LogP contribution is 2.29. The van der Waals surface area contributed by atoms with Gasteiger partial charge in [0.25, 0.3) is 0 Å². The molecule has 0 radical (unpaired) electrons. The number of aryl methyl sites for hydroxylation is 1. The predicted molar refractivity (Wildman–Crippen MR) is 105 cm³/mol. The van der Waals surface area contributed by atoms with Crippen molar-refractivity contribution in [3.05, 3.63) is 64.0 Å². The van der Waals surface area contributed by atoms with E-state index >= 15 is 0 Å². The van der Waals surface area contributed by atoms with Crippen molar-refractivity contribution in [3.8, 4) is 11.3 Å². The quantitative estimate of drug-likeness (QED) is 0.690. The molecule has 2 heterocycles. The molecule has 0 saturated carbocycles. The molecule has 1 aliphatic heterocycles. The van der Waals surface area contributed by atoms with Crippen LogP contribution in [0.3, 0.4) is 0 Å². The highest BCUT2D eigenvalue weighted by molar-refractivity contribution is 7.89. The number of carbonyl (C=O) groups excluding carboxylic acids is 1. The minimum Gasteiger partial charge on any atom is -0.326 e. The molecule has 0 saturated heterocycles. The molecule has 138 valence electrons. The number of sulfonamides is 1. The molecule has 4 rings (SSSR count). The monoisotopic (exact) mass is 399 g/mol. The van der Waals surface area contributed by atoms with Gasteiger partial charge in [-0.05, 0) is 36.2 Å². The smallest absolute Gasteiger partial charge is 0.241 e. The van der Waals surface area contributed by atoms with Crippen LogP contribution in [0.4, 0.5) is 5.69 Å². The van der Waals surface area contributed by atoms with Crippen LogP contribution in [-0.2, 0) is 27.8 Å². The van der Waals surface area contributed by atoms with Crippen LogP contribution in [0.15, 0.2) is 52.7 Å². The Balaban J connectivity index is 1.50. The minimum absolute atomic E-state index is 0.00766. The number of anilines is 1. The van der Waals surface area contributed by atoms with Gasteiger partial charge in [0.05, 0.1) is 23.6 Å². The van der Waals surface area contributed by atoms with Crippen LogP contribution in [-0.4, -0.2) is 19.3 Å². The molecular formula is C19H17N3O3S2. The Hall–Kier alpha value is -2.55. The Labute approximate surface area is 161 Å². The maximum absolute atomic E-state index is 12.5. The number of aromatic nitrogens is 1. The molecule has 2 N–H and O–H groups in total. The number of benzene rings is 2. The van der Waals surface area contributed by atoms with Crippen molar-refractivity contribution in [3.63, 3.8) is 0 Å². The first-order chi connectivity index (χ1) is 12.9. The summed E-state index contributed by atoms with van der Waals surface area (Å²) < 4.78 is 27.6. The molecule has 1 aliphatic rings. The van der Waals surface area contributed by atoms with Crippen molar-refractivity contribution in [2.75, 3.05) is 5.32 Å². The number of amides is 1. The Bertz CT molecular complexity index is 1140. The summed E-state index contributed by atoms with van der Waals surface area (Å²) in [6.45, 7) is 1.90. The predicted octanol–water partition coefficient (Wildman–Crippen LogP) is 3.09. The van der Waals surface area contributed by atoms with E-state index in [0.717, 1.165) is 22.5 Å². The van der Waals surface area contributed by atoms with Crippen molar-refractivity contribution < 1.29 is 13.2 Å². The highest BCUT2D eigenvalue weighted by atomic mass is 32.2. The standard InChI is InChI=1S/C19H17N3O3S2/c1-12-4-2-3-5-17(12)27(24,25)20-10-19-22-16(11-26-19)13-6-7-15-14(8-13)9-18(23)21-15/h2-8,11,20H,9-10H2,1H3,(H,21,23). The van der Waals surface area contributed by atoms with Crippen LogP contribution in [0.25, 0.3) is 11.3 Å². The summed E-state index contributed by atoms with van der Waals surface area (Å²) >= 11 is 1.40. The number of fused-ring (bicyclic) bond motifs is 1. The van der Waals surface area contributed by atoms with Gasteiger partial charge in [-0.25, -0.2) is 18.1 Å². The van der Waals surface area contributed by atoms with E-state index in [1.807, 2.05) is 23.6 Å². The zero-order valence-electron chi connectivity index (χ0n) is 14.5. The molecule has 6 nitrogen and oxygen atoms in total. The largest absolute Gasteiger partial charge is 0.326 e. The second-order valence-corrected chi connectivity index (χ2v) is 8.99. The van der Waals surface area contributed by atoms with E-state index in [1.54, 1.807) is 31.2 Å². The first-order valence-electron chi connectivity index (χ1n) is 8.35. The fraction of sp³-hybridized carbons (Fsp3) is 0.158. The number of rotatable bonds is 5. The summed E-state index contributed by atoms with van der Waals surface area (Å²) in [6.07, 6.45) is 0.371. The molecule has 0 bridgehead atoms. The number of carbonyl (C=O) groups is 1. The van der Waals surface area contributed by atoms with Crippen molar-refractivity contribution >= 4 is 33.0 Å². The molecule has 8 heteroatoms. The second kappa shape index (κ2) is 6.88. The van der Waals surface area contributed by atoms with Crippen LogP contribution in [0.2, 0.25) is 0 Å². The first kappa shape index (κ1) is 17.8. The van der Waals surface area contributed by atoms with Gasteiger partial charge in [0, 0.05) is 16.6 Å². The summed E-state index contributed by atoms with van der Waals surface area (Å²) in [4.78, 5) is 16.3. The third-order valence-corrected chi connectivity index (χ3v) is 6.78. The SMILES string of the molecule is Cc1ccccc1S(=O)(=O)NCc1nc(-c2ccc3c(c2)CC(=O)N3)cs1. The number of thiazole rings is 1. The van der Waals surface area contributed by atoms with Gasteiger partial charge in [-0.2, -0.15) is 0 Å². The lowest BCUT2D eigenvalue weighted by Gasteiger charge is -2.07. The highest BCUT2D eigenvalue weighted by Gasteiger charge is 2.19. The van der Waals surface area contributed by atoms with Crippen molar-refractivity contribution in [1.82, 2.24) is 9.71 Å². The molecule has 0 fully saturated rings. The third kappa shape index (κ3) is 3.64. The molecule has 27 heavy (non-hydrogen) atoms. The Morgan fingerprint density at radius 3 is 2.85 bits per heavy atom. The van der Waals surface area contributed by atoms with E-state index in [9.17, 15) is 13.2 Å². The average molecular weight is 399 g/mol. The van der Waals surface area contributed by atoms with Gasteiger partial charge in [0.1, 0.15) is 5.01 Å². The Kier molecular flexibility index (Phi) is 4.55. The molecule has 2 aromatic carbocycles. The zero-order valence-corrected chi connectivity index (χ0v) is 16.2. The zero-order chi connectivity index (χ0) is 19.0. The third-order valence-electron chi connectivity index (χ3n) is 4.37. The van der Waals surface area contributed by atoms with Crippen molar-refractivity contribution in [2.24, 2.45) is 0 Å². The lowest BCUT2D eigenvalue weighted by Crippen LogP contribution is -2.23. The molecule has 1 aromatic heterocycles. The van der Waals surface area contributed by atoms with E-state index in [-0.39, 0.29) is 17.3 Å². The normalized spacial score (nSPS) is 13.4. The fourth-order valence-corrected chi connectivity index (χ4v) is 5.07. The summed E-state index contributed by atoms with van der Waals surface area (Å²) in [5.41, 5.74) is 4.17. The van der Waals surface area contributed by atoms with Crippen LogP contribution >= 0.6 is 11.3 Å². The Morgan fingerprint density at radius 2 is 2.04 bits per heavy atom. The summed E-state index contributed by atoms with van der Waals surface area (Å²) in [5.74, 6) is -0.00766. The molecule has 0 unspecified atom stereocenters. The van der Waals surface area contributed by atoms with Crippen molar-refractivity contribution in [2.45, 2.75) is 24.8 Å². The summed E-state index contributed by atoms with van der Waals surface area (Å²) in [7, 11) is -3.59. The molecular weight excluding hydrogens is 382 g/mol. The molecule has 0 spiro atoms. The number of hydrogen-bond acceptors (Lipinski definition) is 5. The van der Waals surface area contributed by atoms with Gasteiger partial charge in [0.2, 0.25) is 15.9 Å². The second-order valence-electron chi connectivity index (χ2n) is 6.31. The number of nitrogens with one attached hydrogen (secondary N) is 2. The van der Waals surface area contributed by atoms with E-state index in [0.29, 0.717) is 17.0 Å². The molecule has 3 aromatic rings. The van der Waals surface area contributed by atoms with E-state index in [2.05, 4.69) is 15.0 Å². The van der Waals surface area contributed by atoms with Gasteiger partial charge in [-0.1, -0.05) is 24.3 Å². The average Bonchev–Trinajstić information content (AvgIpc) is 3.25. The van der Waals surface area contributed by atoms with E-state index < -0.39 is 10.0 Å². The topological polar surface area (TPSA) is 88.2 Å². The van der Waals surface area contributed by atoms with Gasteiger partial charge in [-0.15, -0.1) is 11.3 Å². The maximum atomic E-state index is 12.5. The van der Waals surface area contributed by atoms with Gasteiger partial charge in [0.15, 0.2) is 0 Å². The van der Waals surface area contributed by atoms with Crippen LogP contribution < -0.4 is 10.0 Å². The van der Waals surface area contributed by atoms with E-state index in [1.165, 1.54) is 11.3 Å². The number of nitrogens with zero attached hydrogens (tertiary/aromatic N) is 1. The maximum Gasteiger partial charge on any atom is 0.241 e. The fourth-order valence-electron chi connectivity index (χ4n) is 3.01. The number of hydrogen-bond donors (Lipinski definition) is 2. The van der Waals surface area contributed by atoms with Crippen molar-refractivity contribution in [1.29, 1.82) is 0 Å². The molecule has 1 amide bonds. The lowest BCUT2D eigenvalue weighted by molar-refractivity contribution is -0.115. The van der Waals surface area contributed by atoms with Gasteiger partial charge >= 0.3 is 0 Å². The van der Waals surface area contributed by atoms with Crippen LogP contribution in [0.5, 0.6) is 0 Å². The minimum atomic E-state index is -3.59. The van der Waals surface area contributed by atoms with E-state index in [4.69, 9.17) is 0 Å². The molecule has 0 atom stereocenters. The van der Waals surface area contributed by atoms with Gasteiger partial charge < -0.3 is 5.32 Å². The summed E-state index contributed by atoms with van der Waals surface area (Å²) in [5, 5.41) is 5.37. The van der Waals surface area contributed by atoms with Crippen LogP contribution in [0, 0.1) is 6.92 Å². The summed E-state index contributed by atoms with van der Waals surface area (Å²) in [6, 6.07) is 12.6. The molecule has 0 aliphatic carbocycles. The first-order valence-corrected chi connectivity index (χ1v) is 10.7. The lowest BCUT2D eigenvalue weighted by atomic mass is 10.1.